The van der Waals surface area contributed by atoms with Crippen LogP contribution < -0.4 is 16.2 Å². The van der Waals surface area contributed by atoms with E-state index in [2.05, 4.69) is 30.6 Å². The number of anilines is 1. The van der Waals surface area contributed by atoms with Crippen molar-refractivity contribution < 1.29 is 27.9 Å². The van der Waals surface area contributed by atoms with Crippen molar-refractivity contribution in [3.05, 3.63) is 93.8 Å². The van der Waals surface area contributed by atoms with Gasteiger partial charge in [-0.2, -0.15) is 0 Å². The van der Waals surface area contributed by atoms with E-state index in [9.17, 15) is 23.6 Å². The number of hydrogen-bond acceptors (Lipinski definition) is 9. The molecule has 4 aromatic rings. The Bertz CT molecular complexity index is 1730. The monoisotopic (exact) mass is 604 g/mol. The van der Waals surface area contributed by atoms with Gasteiger partial charge < -0.3 is 14.5 Å². The average molecular weight is 605 g/mol. The first kappa shape index (κ1) is 31.7. The third-order valence-electron chi connectivity index (χ3n) is 7.10. The zero-order chi connectivity index (χ0) is 32.2. The molecule has 230 valence electrons. The number of hydrogen-bond donors (Lipinski definition) is 2. The molecule has 2 N–H and O–H groups in total. The first-order valence-corrected chi connectivity index (χ1v) is 13.8. The Kier molecular flexibility index (Phi) is 9.36. The Morgan fingerprint density at radius 1 is 1.05 bits per heavy atom. The second-order valence-electron chi connectivity index (χ2n) is 11.0. The number of carbonyl (C=O) groups is 3. The van der Waals surface area contributed by atoms with Gasteiger partial charge in [0.15, 0.2) is 0 Å². The third kappa shape index (κ3) is 6.72. The minimum absolute atomic E-state index is 0.136. The molecule has 2 aromatic heterocycles. The third-order valence-corrected chi connectivity index (χ3v) is 7.10. The summed E-state index contributed by atoms with van der Waals surface area (Å²) in [5.41, 5.74) is -0.190. The molecule has 0 fully saturated rings. The normalized spacial score (nSPS) is 12.1. The quantitative estimate of drug-likeness (QED) is 0.252. The second-order valence-corrected chi connectivity index (χ2v) is 11.0. The Hall–Kier alpha value is -5.20. The number of carbonyl (C=O) groups excluding carboxylic acids is 3. The van der Waals surface area contributed by atoms with Gasteiger partial charge in [0, 0.05) is 5.56 Å². The summed E-state index contributed by atoms with van der Waals surface area (Å²) in [5, 5.41) is 13.0. The fraction of sp³-hybridized carbons (Fsp3) is 0.323. The van der Waals surface area contributed by atoms with Crippen molar-refractivity contribution in [3.8, 4) is 11.4 Å². The van der Waals surface area contributed by atoms with E-state index in [0.29, 0.717) is 11.1 Å². The summed E-state index contributed by atoms with van der Waals surface area (Å²) in [5.74, 6) is -2.06. The Labute approximate surface area is 252 Å². The van der Waals surface area contributed by atoms with Crippen molar-refractivity contribution in [3.63, 3.8) is 0 Å². The van der Waals surface area contributed by atoms with Gasteiger partial charge in [-0.05, 0) is 44.4 Å². The molecule has 0 aliphatic heterocycles. The van der Waals surface area contributed by atoms with Gasteiger partial charge in [-0.3, -0.25) is 24.3 Å². The molecule has 2 heterocycles. The molecule has 44 heavy (non-hydrogen) atoms. The number of ketones is 1. The van der Waals surface area contributed by atoms with Gasteiger partial charge in [-0.1, -0.05) is 56.3 Å². The maximum absolute atomic E-state index is 13.5. The van der Waals surface area contributed by atoms with Crippen LogP contribution in [0.3, 0.4) is 0 Å². The van der Waals surface area contributed by atoms with Crippen molar-refractivity contribution in [2.24, 2.45) is 5.92 Å². The van der Waals surface area contributed by atoms with E-state index >= 15 is 0 Å². The summed E-state index contributed by atoms with van der Waals surface area (Å²) in [7, 11) is 1.15. The predicted molar refractivity (Wildman–Crippen MR) is 159 cm³/mol. The lowest BCUT2D eigenvalue weighted by molar-refractivity contribution is -0.122. The van der Waals surface area contributed by atoms with Crippen molar-refractivity contribution >= 4 is 23.5 Å². The molecule has 0 aliphatic carbocycles. The molecule has 0 unspecified atom stereocenters. The summed E-state index contributed by atoms with van der Waals surface area (Å²) >= 11 is 0. The highest BCUT2D eigenvalue weighted by atomic mass is 19.1. The Morgan fingerprint density at radius 3 is 2.32 bits per heavy atom. The number of aromatic nitrogens is 4. The fourth-order valence-corrected chi connectivity index (χ4v) is 4.51. The molecule has 0 saturated carbocycles. The summed E-state index contributed by atoms with van der Waals surface area (Å²) in [6.07, 6.45) is -0.873. The number of halogens is 1. The summed E-state index contributed by atoms with van der Waals surface area (Å²) < 4.78 is 25.0. The van der Waals surface area contributed by atoms with Gasteiger partial charge in [0.25, 0.3) is 11.4 Å². The standard InChI is InChI=1S/C31H33FN6O6/c1-17(2)23(25(40)27-36-37-29(44-27)31(4,5)20-12-14-21(32)15-13-20)34-22(39)16-38-26(19-10-8-7-9-11-19)33-18(3)24(28(38)41)35-30(42)43-6/h7-15,17,23H,16H2,1-6H3,(H,34,39)(H,35,42)/t23-/m1/s1. The molecule has 0 radical (unpaired) electrons. The first-order valence-electron chi connectivity index (χ1n) is 13.8. The molecular weight excluding hydrogens is 571 g/mol. The number of amides is 2. The van der Waals surface area contributed by atoms with E-state index in [4.69, 9.17) is 4.42 Å². The van der Waals surface area contributed by atoms with E-state index in [1.165, 1.54) is 12.1 Å². The molecular formula is C31H33FN6O6. The second kappa shape index (κ2) is 13.0. The van der Waals surface area contributed by atoms with Crippen LogP contribution in [-0.4, -0.2) is 50.7 Å². The maximum Gasteiger partial charge on any atom is 0.411 e. The number of nitrogens with one attached hydrogen (secondary N) is 2. The van der Waals surface area contributed by atoms with Gasteiger partial charge in [0.2, 0.25) is 17.6 Å². The van der Waals surface area contributed by atoms with Gasteiger partial charge in [-0.15, -0.1) is 10.2 Å². The Balaban J connectivity index is 1.62. The van der Waals surface area contributed by atoms with Crippen LogP contribution in [0, 0.1) is 18.7 Å². The largest absolute Gasteiger partial charge is 0.453 e. The topological polar surface area (TPSA) is 158 Å². The minimum Gasteiger partial charge on any atom is -0.453 e. The molecule has 4 rings (SSSR count). The lowest BCUT2D eigenvalue weighted by atomic mass is 9.84. The van der Waals surface area contributed by atoms with Crippen molar-refractivity contribution in [2.45, 2.75) is 52.6 Å². The van der Waals surface area contributed by atoms with Gasteiger partial charge in [0.05, 0.1) is 24.3 Å². The van der Waals surface area contributed by atoms with E-state index < -0.39 is 53.1 Å². The Morgan fingerprint density at radius 2 is 1.70 bits per heavy atom. The fourth-order valence-electron chi connectivity index (χ4n) is 4.51. The zero-order valence-electron chi connectivity index (χ0n) is 25.2. The van der Waals surface area contributed by atoms with Crippen molar-refractivity contribution in [1.82, 2.24) is 25.1 Å². The molecule has 0 saturated heterocycles. The molecule has 13 heteroatoms. The number of aryl methyl sites for hydroxylation is 1. The molecule has 0 aliphatic rings. The van der Waals surface area contributed by atoms with Crippen LogP contribution in [0.25, 0.3) is 11.4 Å². The summed E-state index contributed by atoms with van der Waals surface area (Å²) in [6.45, 7) is 8.09. The van der Waals surface area contributed by atoms with Gasteiger partial charge in [0.1, 0.15) is 23.9 Å². The molecule has 1 atom stereocenters. The predicted octanol–water partition coefficient (Wildman–Crippen LogP) is 4.27. The number of ether oxygens (including phenoxy) is 1. The molecule has 12 nitrogen and oxygen atoms in total. The number of Topliss-reactive ketones (excluding diaryl/α,β-unsaturated/α-hetero) is 1. The van der Waals surface area contributed by atoms with E-state index in [1.54, 1.807) is 77.1 Å². The molecule has 2 amide bonds. The van der Waals surface area contributed by atoms with E-state index in [0.717, 1.165) is 11.7 Å². The van der Waals surface area contributed by atoms with Crippen LogP contribution in [0.15, 0.2) is 63.8 Å². The number of methoxy groups -OCH3 is 1. The van der Waals surface area contributed by atoms with Crippen LogP contribution >= 0.6 is 0 Å². The average Bonchev–Trinajstić information content (AvgIpc) is 3.51. The highest BCUT2D eigenvalue weighted by Crippen LogP contribution is 2.31. The number of rotatable bonds is 10. The van der Waals surface area contributed by atoms with Gasteiger partial charge in [-0.25, -0.2) is 14.2 Å². The smallest absolute Gasteiger partial charge is 0.411 e. The van der Waals surface area contributed by atoms with Crippen LogP contribution in [0.1, 0.15) is 55.5 Å². The zero-order valence-corrected chi connectivity index (χ0v) is 25.2. The van der Waals surface area contributed by atoms with Gasteiger partial charge >= 0.3 is 6.09 Å². The van der Waals surface area contributed by atoms with E-state index in [-0.39, 0.29) is 29.0 Å². The molecule has 0 spiro atoms. The summed E-state index contributed by atoms with van der Waals surface area (Å²) in [4.78, 5) is 56.8. The van der Waals surface area contributed by atoms with Crippen LogP contribution in [0.5, 0.6) is 0 Å². The summed E-state index contributed by atoms with van der Waals surface area (Å²) in [6, 6.07) is 13.5. The number of nitrogens with zero attached hydrogens (tertiary/aromatic N) is 4. The first-order chi connectivity index (χ1) is 20.8. The SMILES string of the molecule is COC(=O)Nc1c(C)nc(-c2ccccc2)n(CC(=O)N[C@@H](C(=O)c2nnc(C(C)(C)c3ccc(F)cc3)o2)C(C)C)c1=O. The lowest BCUT2D eigenvalue weighted by Gasteiger charge is -2.22. The lowest BCUT2D eigenvalue weighted by Crippen LogP contribution is -2.47. The minimum atomic E-state index is -1.08. The molecule has 2 aromatic carbocycles. The molecule has 0 bridgehead atoms. The number of benzene rings is 2. The van der Waals surface area contributed by atoms with Crippen LogP contribution in [0.2, 0.25) is 0 Å². The van der Waals surface area contributed by atoms with E-state index in [1.807, 2.05) is 0 Å². The van der Waals surface area contributed by atoms with Crippen LogP contribution in [-0.2, 0) is 21.5 Å². The maximum atomic E-state index is 13.5. The van der Waals surface area contributed by atoms with Crippen LogP contribution in [0.4, 0.5) is 14.9 Å². The highest BCUT2D eigenvalue weighted by molar-refractivity contribution is 5.98. The van der Waals surface area contributed by atoms with Crippen molar-refractivity contribution in [2.75, 3.05) is 12.4 Å². The highest BCUT2D eigenvalue weighted by Gasteiger charge is 2.34. The van der Waals surface area contributed by atoms with Crippen molar-refractivity contribution in [1.29, 1.82) is 0 Å².